The molecule has 0 bridgehead atoms. The van der Waals surface area contributed by atoms with Gasteiger partial charge in [0.05, 0.1) is 21.7 Å². The second-order valence-electron chi connectivity index (χ2n) is 9.31. The number of nitrogens with zero attached hydrogens (tertiary/aromatic N) is 2. The van der Waals surface area contributed by atoms with E-state index in [1.165, 1.54) is 52.6 Å². The van der Waals surface area contributed by atoms with Gasteiger partial charge < -0.3 is 5.32 Å². The summed E-state index contributed by atoms with van der Waals surface area (Å²) in [6.45, 7) is 0. The van der Waals surface area contributed by atoms with Crippen molar-refractivity contribution < 1.29 is 4.79 Å². The Hall–Kier alpha value is -3.22. The molecule has 1 aliphatic rings. The maximum absolute atomic E-state index is 12.4. The van der Waals surface area contributed by atoms with Crippen molar-refractivity contribution in [3.05, 3.63) is 78.4 Å². The van der Waals surface area contributed by atoms with E-state index >= 15 is 0 Å². The first-order valence-electron chi connectivity index (χ1n) is 12.5. The highest BCUT2D eigenvalue weighted by atomic mass is 32.2. The van der Waals surface area contributed by atoms with Crippen LogP contribution in [-0.4, -0.2) is 28.9 Å². The number of carbonyl (C=O) groups is 1. The summed E-state index contributed by atoms with van der Waals surface area (Å²) >= 11 is 3.14. The zero-order valence-electron chi connectivity index (χ0n) is 19.9. The highest BCUT2D eigenvalue weighted by Gasteiger charge is 2.16. The minimum atomic E-state index is 0.110. The molecular weight excluding hydrogens is 482 g/mol. The average Bonchev–Trinajstić information content (AvgIpc) is 3.33. The molecule has 0 atom stereocenters. The van der Waals surface area contributed by atoms with Crippen LogP contribution in [0.15, 0.2) is 82.1 Å². The fourth-order valence-electron chi connectivity index (χ4n) is 5.00. The number of fused-ring (bicyclic) bond motifs is 3. The number of rotatable bonds is 6. The Balaban J connectivity index is 1.21. The van der Waals surface area contributed by atoms with Gasteiger partial charge in [0.15, 0.2) is 4.34 Å². The Morgan fingerprint density at radius 3 is 2.44 bits per heavy atom. The number of amides is 1. The number of aromatic nitrogens is 1. The Kier molecular flexibility index (Phi) is 6.71. The second kappa shape index (κ2) is 10.4. The van der Waals surface area contributed by atoms with E-state index in [1.807, 2.05) is 18.3 Å². The van der Waals surface area contributed by atoms with Crippen molar-refractivity contribution >= 4 is 72.7 Å². The van der Waals surface area contributed by atoms with E-state index in [1.54, 1.807) is 11.3 Å². The van der Waals surface area contributed by atoms with Gasteiger partial charge in [-0.25, -0.2) is 4.98 Å². The van der Waals surface area contributed by atoms with Crippen LogP contribution in [0.25, 0.3) is 31.8 Å². The van der Waals surface area contributed by atoms with Crippen LogP contribution in [0, 0.1) is 0 Å². The topological polar surface area (TPSA) is 54.4 Å². The minimum absolute atomic E-state index is 0.110. The predicted octanol–water partition coefficient (Wildman–Crippen LogP) is 7.89. The van der Waals surface area contributed by atoms with Crippen LogP contribution in [0.5, 0.6) is 0 Å². The largest absolute Gasteiger partial charge is 0.353 e. The molecule has 0 spiro atoms. The molecule has 5 aromatic rings. The number of thiazole rings is 1. The number of carbonyl (C=O) groups excluding carboxylic acids is 1. The third kappa shape index (κ3) is 5.01. The van der Waals surface area contributed by atoms with Crippen molar-refractivity contribution in [2.24, 2.45) is 4.99 Å². The third-order valence-corrected chi connectivity index (χ3v) is 8.97. The lowest BCUT2D eigenvalue weighted by molar-refractivity contribution is -0.119. The highest BCUT2D eigenvalue weighted by molar-refractivity contribution is 8.01. The Morgan fingerprint density at radius 2 is 1.69 bits per heavy atom. The molecule has 1 saturated carbocycles. The highest BCUT2D eigenvalue weighted by Crippen LogP contribution is 2.33. The third-order valence-electron chi connectivity index (χ3n) is 6.81. The molecule has 0 saturated heterocycles. The SMILES string of the molecule is O=C(CSc1nc2ccc(N=Cc3c4ccccc4cc4ccccc34)cc2s1)NC1CCCCC1. The molecule has 4 nitrogen and oxygen atoms in total. The van der Waals surface area contributed by atoms with Crippen LogP contribution >= 0.6 is 23.1 Å². The molecule has 6 rings (SSSR count). The normalized spacial score (nSPS) is 14.8. The minimum Gasteiger partial charge on any atom is -0.353 e. The molecule has 36 heavy (non-hydrogen) atoms. The van der Waals surface area contributed by atoms with Crippen molar-refractivity contribution in [2.75, 3.05) is 5.75 Å². The van der Waals surface area contributed by atoms with Gasteiger partial charge in [0.2, 0.25) is 5.91 Å². The van der Waals surface area contributed by atoms with Gasteiger partial charge in [0.1, 0.15) is 0 Å². The lowest BCUT2D eigenvalue weighted by Gasteiger charge is -2.22. The summed E-state index contributed by atoms with van der Waals surface area (Å²) in [6, 6.07) is 25.6. The van der Waals surface area contributed by atoms with E-state index < -0.39 is 0 Å². The maximum Gasteiger partial charge on any atom is 0.230 e. The average molecular weight is 510 g/mol. The molecule has 1 fully saturated rings. The lowest BCUT2D eigenvalue weighted by atomic mass is 9.95. The number of thioether (sulfide) groups is 1. The monoisotopic (exact) mass is 509 g/mol. The van der Waals surface area contributed by atoms with Gasteiger partial charge in [-0.2, -0.15) is 0 Å². The van der Waals surface area contributed by atoms with E-state index in [0.29, 0.717) is 11.8 Å². The van der Waals surface area contributed by atoms with Crippen molar-refractivity contribution in [1.29, 1.82) is 0 Å². The summed E-state index contributed by atoms with van der Waals surface area (Å²) in [4.78, 5) is 22.0. The van der Waals surface area contributed by atoms with Crippen molar-refractivity contribution in [3.63, 3.8) is 0 Å². The van der Waals surface area contributed by atoms with E-state index in [9.17, 15) is 4.79 Å². The maximum atomic E-state index is 12.4. The molecule has 1 N–H and O–H groups in total. The fourth-order valence-corrected chi connectivity index (χ4v) is 6.92. The number of nitrogens with one attached hydrogen (secondary N) is 1. The van der Waals surface area contributed by atoms with Gasteiger partial charge in [-0.15, -0.1) is 11.3 Å². The molecule has 1 aromatic heterocycles. The molecule has 1 heterocycles. The summed E-state index contributed by atoms with van der Waals surface area (Å²) in [5.41, 5.74) is 2.98. The first-order valence-corrected chi connectivity index (χ1v) is 14.3. The van der Waals surface area contributed by atoms with Crippen LogP contribution in [0.2, 0.25) is 0 Å². The molecule has 0 aliphatic heterocycles. The van der Waals surface area contributed by atoms with Crippen molar-refractivity contribution in [2.45, 2.75) is 42.5 Å². The van der Waals surface area contributed by atoms with Crippen molar-refractivity contribution in [1.82, 2.24) is 10.3 Å². The van der Waals surface area contributed by atoms with Gasteiger partial charge in [-0.3, -0.25) is 9.79 Å². The smallest absolute Gasteiger partial charge is 0.230 e. The number of hydrogen-bond acceptors (Lipinski definition) is 5. The van der Waals surface area contributed by atoms with Crippen LogP contribution in [0.1, 0.15) is 37.7 Å². The summed E-state index contributed by atoms with van der Waals surface area (Å²) in [5, 5.41) is 8.01. The van der Waals surface area contributed by atoms with Gasteiger partial charge in [0, 0.05) is 17.8 Å². The first-order chi connectivity index (χ1) is 17.7. The molecule has 1 aliphatic carbocycles. The summed E-state index contributed by atoms with van der Waals surface area (Å²) in [6.07, 6.45) is 7.93. The van der Waals surface area contributed by atoms with Crippen LogP contribution < -0.4 is 5.32 Å². The lowest BCUT2D eigenvalue weighted by Crippen LogP contribution is -2.37. The number of hydrogen-bond donors (Lipinski definition) is 1. The molecule has 0 unspecified atom stereocenters. The van der Waals surface area contributed by atoms with Gasteiger partial charge >= 0.3 is 0 Å². The van der Waals surface area contributed by atoms with E-state index in [4.69, 9.17) is 9.98 Å². The number of benzene rings is 4. The molecule has 4 aromatic carbocycles. The first kappa shape index (κ1) is 23.2. The molecule has 0 radical (unpaired) electrons. The zero-order valence-corrected chi connectivity index (χ0v) is 21.6. The second-order valence-corrected chi connectivity index (χ2v) is 11.6. The van der Waals surface area contributed by atoms with Gasteiger partial charge in [0.25, 0.3) is 0 Å². The molecule has 180 valence electrons. The predicted molar refractivity (Wildman–Crippen MR) is 154 cm³/mol. The van der Waals surface area contributed by atoms with E-state index in [-0.39, 0.29) is 5.91 Å². The summed E-state index contributed by atoms with van der Waals surface area (Å²) in [7, 11) is 0. The molecule has 6 heteroatoms. The van der Waals surface area contributed by atoms with Crippen LogP contribution in [0.3, 0.4) is 0 Å². The van der Waals surface area contributed by atoms with E-state index in [2.05, 4.69) is 66.0 Å². The standard InChI is InChI=1S/C30H27N3OS2/c34-29(32-22-10-2-1-3-11-22)19-35-30-33-27-15-14-23(17-28(27)36-30)31-18-26-24-12-6-4-8-20(24)16-21-9-5-7-13-25(21)26/h4-9,12-18,22H,1-3,10-11,19H2,(H,32,34). The molecular formula is C30H27N3OS2. The molecule has 1 amide bonds. The Bertz CT molecular complexity index is 1530. The van der Waals surface area contributed by atoms with Gasteiger partial charge in [-0.1, -0.05) is 79.6 Å². The Labute approximate surface area is 218 Å². The number of aliphatic imine (C=N–C) groups is 1. The van der Waals surface area contributed by atoms with Crippen LogP contribution in [-0.2, 0) is 4.79 Å². The van der Waals surface area contributed by atoms with E-state index in [0.717, 1.165) is 38.6 Å². The van der Waals surface area contributed by atoms with Crippen molar-refractivity contribution in [3.8, 4) is 0 Å². The van der Waals surface area contributed by atoms with Crippen LogP contribution in [0.4, 0.5) is 5.69 Å². The Morgan fingerprint density at radius 1 is 0.972 bits per heavy atom. The summed E-state index contributed by atoms with van der Waals surface area (Å²) in [5.74, 6) is 0.522. The van der Waals surface area contributed by atoms with Gasteiger partial charge in [-0.05, 0) is 58.7 Å². The zero-order chi connectivity index (χ0) is 24.3. The fraction of sp³-hybridized carbons (Fsp3) is 0.233. The summed E-state index contributed by atoms with van der Waals surface area (Å²) < 4.78 is 2.01. The quantitative estimate of drug-likeness (QED) is 0.144.